The lowest BCUT2D eigenvalue weighted by Gasteiger charge is -2.28. The van der Waals surface area contributed by atoms with Gasteiger partial charge in [-0.3, -0.25) is 4.98 Å². The van der Waals surface area contributed by atoms with E-state index in [1.165, 1.54) is 27.8 Å². The van der Waals surface area contributed by atoms with Gasteiger partial charge in [-0.25, -0.2) is 4.98 Å². The molecule has 0 atom stereocenters. The number of rotatable bonds is 7. The van der Waals surface area contributed by atoms with Crippen LogP contribution >= 0.6 is 0 Å². The van der Waals surface area contributed by atoms with Crippen molar-refractivity contribution in [2.75, 3.05) is 0 Å². The molecule has 3 heteroatoms. The highest BCUT2D eigenvalue weighted by molar-refractivity contribution is 5.76. The maximum atomic E-state index is 11.0. The van der Waals surface area contributed by atoms with Crippen LogP contribution in [-0.2, 0) is 10.8 Å². The summed E-state index contributed by atoms with van der Waals surface area (Å²) in [6, 6.07) is 32.0. The Kier molecular flexibility index (Phi) is 8.53. The smallest absolute Gasteiger partial charge is 0.124 e. The third kappa shape index (κ3) is 6.48. The summed E-state index contributed by atoms with van der Waals surface area (Å²) < 4.78 is 0. The van der Waals surface area contributed by atoms with Gasteiger partial charge in [-0.05, 0) is 99.7 Å². The molecule has 5 rings (SSSR count). The Bertz CT molecular complexity index is 1780. The Morgan fingerprint density at radius 2 is 1.18 bits per heavy atom. The number of benzene rings is 3. The predicted octanol–water partition coefficient (Wildman–Crippen LogP) is 11.1. The molecule has 2 aromatic heterocycles. The molecule has 0 radical (unpaired) electrons. The first-order chi connectivity index (χ1) is 20.7. The van der Waals surface area contributed by atoms with Gasteiger partial charge in [0.15, 0.2) is 0 Å². The van der Waals surface area contributed by atoms with Gasteiger partial charge >= 0.3 is 0 Å². The van der Waals surface area contributed by atoms with Gasteiger partial charge in [0.1, 0.15) is 5.75 Å². The molecule has 226 valence electrons. The van der Waals surface area contributed by atoms with Crippen molar-refractivity contribution in [3.8, 4) is 39.5 Å². The van der Waals surface area contributed by atoms with Crippen LogP contribution in [0.2, 0.25) is 0 Å². The van der Waals surface area contributed by atoms with Gasteiger partial charge < -0.3 is 5.11 Å². The van der Waals surface area contributed by atoms with Gasteiger partial charge in [0, 0.05) is 28.3 Å². The molecule has 2 heterocycles. The first-order valence-corrected chi connectivity index (χ1v) is 15.8. The lowest BCUT2D eigenvalue weighted by molar-refractivity contribution is 0.476. The molecule has 44 heavy (non-hydrogen) atoms. The van der Waals surface area contributed by atoms with Crippen molar-refractivity contribution in [3.05, 3.63) is 125 Å². The highest BCUT2D eigenvalue weighted by Gasteiger charge is 2.26. The second-order valence-electron chi connectivity index (χ2n) is 14.2. The van der Waals surface area contributed by atoms with Crippen LogP contribution in [0.1, 0.15) is 102 Å². The molecular formula is C41H46N2O. The monoisotopic (exact) mass is 582 g/mol. The van der Waals surface area contributed by atoms with Gasteiger partial charge in [-0.15, -0.1) is 0 Å². The Morgan fingerprint density at radius 3 is 1.82 bits per heavy atom. The molecular weight excluding hydrogens is 536 g/mol. The fraction of sp³-hybridized carbons (Fsp3) is 0.317. The lowest BCUT2D eigenvalue weighted by Crippen LogP contribution is -2.19. The van der Waals surface area contributed by atoms with Crippen molar-refractivity contribution in [1.82, 2.24) is 9.97 Å². The number of hydrogen-bond acceptors (Lipinski definition) is 3. The normalized spacial score (nSPS) is 12.2. The Morgan fingerprint density at radius 1 is 0.568 bits per heavy atom. The van der Waals surface area contributed by atoms with Crippen molar-refractivity contribution in [2.45, 2.75) is 85.0 Å². The molecule has 0 aliphatic carbocycles. The van der Waals surface area contributed by atoms with E-state index in [0.717, 1.165) is 33.8 Å². The molecule has 0 fully saturated rings. The third-order valence-electron chi connectivity index (χ3n) is 8.85. The maximum absolute atomic E-state index is 11.0. The van der Waals surface area contributed by atoms with Gasteiger partial charge in [-0.2, -0.15) is 0 Å². The molecule has 0 saturated carbocycles. The average molecular weight is 583 g/mol. The zero-order chi connectivity index (χ0) is 31.8. The SMILES string of the molecule is CC(C)c1ccnc(-c2cc(-c3cc(C(C)(C)C)cc(-c4cc(C(C)C)ccc4O)n3)cc(C(C)(C)c3ccccc3)c2)c1. The number of hydrogen-bond donors (Lipinski definition) is 1. The fourth-order valence-electron chi connectivity index (χ4n) is 5.64. The first kappa shape index (κ1) is 31.2. The van der Waals surface area contributed by atoms with E-state index in [1.807, 2.05) is 12.3 Å². The van der Waals surface area contributed by atoms with Crippen molar-refractivity contribution in [2.24, 2.45) is 0 Å². The quantitative estimate of drug-likeness (QED) is 0.208. The number of pyridine rings is 2. The summed E-state index contributed by atoms with van der Waals surface area (Å²) in [5.41, 5.74) is 11.2. The second kappa shape index (κ2) is 12.0. The van der Waals surface area contributed by atoms with E-state index >= 15 is 0 Å². The third-order valence-corrected chi connectivity index (χ3v) is 8.85. The fourth-order valence-corrected chi connectivity index (χ4v) is 5.64. The van der Waals surface area contributed by atoms with Gasteiger partial charge in [0.2, 0.25) is 0 Å². The van der Waals surface area contributed by atoms with Crippen LogP contribution in [0, 0.1) is 0 Å². The number of aromatic hydroxyl groups is 1. The van der Waals surface area contributed by atoms with Crippen LogP contribution in [0.3, 0.4) is 0 Å². The molecule has 3 nitrogen and oxygen atoms in total. The molecule has 0 bridgehead atoms. The van der Waals surface area contributed by atoms with Gasteiger partial charge in [-0.1, -0.05) is 98.7 Å². The molecule has 0 aliphatic rings. The van der Waals surface area contributed by atoms with Crippen LogP contribution in [0.25, 0.3) is 33.8 Å². The zero-order valence-electron chi connectivity index (χ0n) is 27.7. The van der Waals surface area contributed by atoms with Crippen molar-refractivity contribution in [1.29, 1.82) is 0 Å². The second-order valence-corrected chi connectivity index (χ2v) is 14.2. The summed E-state index contributed by atoms with van der Waals surface area (Å²) in [5.74, 6) is 0.989. The van der Waals surface area contributed by atoms with Crippen molar-refractivity contribution in [3.63, 3.8) is 0 Å². The van der Waals surface area contributed by atoms with Crippen LogP contribution in [-0.4, -0.2) is 15.1 Å². The van der Waals surface area contributed by atoms with Crippen molar-refractivity contribution < 1.29 is 5.11 Å². The number of nitrogens with zero attached hydrogens (tertiary/aromatic N) is 2. The molecule has 0 aliphatic heterocycles. The van der Waals surface area contributed by atoms with Crippen LogP contribution in [0.15, 0.2) is 97.2 Å². The molecule has 0 spiro atoms. The van der Waals surface area contributed by atoms with Crippen molar-refractivity contribution >= 4 is 0 Å². The first-order valence-electron chi connectivity index (χ1n) is 15.8. The van der Waals surface area contributed by atoms with Crippen LogP contribution in [0.4, 0.5) is 0 Å². The van der Waals surface area contributed by atoms with Gasteiger partial charge in [0.25, 0.3) is 0 Å². The van der Waals surface area contributed by atoms with Crippen LogP contribution in [0.5, 0.6) is 5.75 Å². The number of phenols is 1. The Labute approximate surface area is 264 Å². The van der Waals surface area contributed by atoms with E-state index < -0.39 is 0 Å². The zero-order valence-corrected chi connectivity index (χ0v) is 27.7. The Balaban J connectivity index is 1.78. The molecule has 0 unspecified atom stereocenters. The molecule has 3 aromatic carbocycles. The lowest BCUT2D eigenvalue weighted by atomic mass is 9.76. The van der Waals surface area contributed by atoms with E-state index in [0.29, 0.717) is 11.8 Å². The molecule has 0 saturated heterocycles. The molecule has 5 aromatic rings. The minimum atomic E-state index is -0.254. The summed E-state index contributed by atoms with van der Waals surface area (Å²) in [5, 5.41) is 11.0. The van der Waals surface area contributed by atoms with E-state index in [1.54, 1.807) is 6.07 Å². The largest absolute Gasteiger partial charge is 0.507 e. The molecule has 1 N–H and O–H groups in total. The predicted molar refractivity (Wildman–Crippen MR) is 185 cm³/mol. The number of phenolic OH excluding ortho intramolecular Hbond substituents is 1. The van der Waals surface area contributed by atoms with E-state index in [2.05, 4.69) is 141 Å². The average Bonchev–Trinajstić information content (AvgIpc) is 3.00. The highest BCUT2D eigenvalue weighted by atomic mass is 16.3. The summed E-state index contributed by atoms with van der Waals surface area (Å²) in [6.07, 6.45) is 1.92. The van der Waals surface area contributed by atoms with E-state index in [4.69, 9.17) is 9.97 Å². The van der Waals surface area contributed by atoms with E-state index in [-0.39, 0.29) is 16.6 Å². The standard InChI is InChI=1S/C41H46N2O/c1-26(2)28-15-16-39(44)35(22-28)38-25-33(40(5,6)7)24-37(43-38)31-19-30(36-23-29(27(3)4)17-18-42-36)20-34(21-31)41(8,9)32-13-11-10-12-14-32/h10-27,44H,1-9H3. The summed E-state index contributed by atoms with van der Waals surface area (Å²) >= 11 is 0. The minimum absolute atomic E-state index is 0.116. The summed E-state index contributed by atoms with van der Waals surface area (Å²) in [7, 11) is 0. The topological polar surface area (TPSA) is 46.0 Å². The number of aromatic nitrogens is 2. The maximum Gasteiger partial charge on any atom is 0.124 e. The minimum Gasteiger partial charge on any atom is -0.507 e. The highest BCUT2D eigenvalue weighted by Crippen LogP contribution is 2.40. The van der Waals surface area contributed by atoms with Crippen LogP contribution < -0.4 is 0 Å². The summed E-state index contributed by atoms with van der Waals surface area (Å²) in [6.45, 7) is 20.0. The van der Waals surface area contributed by atoms with Gasteiger partial charge in [0.05, 0.1) is 17.1 Å². The van der Waals surface area contributed by atoms with E-state index in [9.17, 15) is 5.11 Å². The molecule has 0 amide bonds. The Hall–Kier alpha value is -4.24. The summed E-state index contributed by atoms with van der Waals surface area (Å²) in [4.78, 5) is 10.1.